The number of nitrogens with one attached hydrogen (secondary N) is 1. The number of carbonyl (C=O) groups excluding carboxylic acids is 2. The minimum Gasteiger partial charge on any atom is -0.369 e. The Kier molecular flexibility index (Phi) is 5.59. The van der Waals surface area contributed by atoms with E-state index in [1.807, 2.05) is 24.3 Å². The zero-order valence-corrected chi connectivity index (χ0v) is 18.2. The summed E-state index contributed by atoms with van der Waals surface area (Å²) in [7, 11) is 0. The van der Waals surface area contributed by atoms with E-state index in [4.69, 9.17) is 10.7 Å². The second kappa shape index (κ2) is 8.86. The molecule has 0 bridgehead atoms. The molecule has 0 aliphatic heterocycles. The van der Waals surface area contributed by atoms with Gasteiger partial charge < -0.3 is 11.1 Å². The van der Waals surface area contributed by atoms with Gasteiger partial charge in [0.15, 0.2) is 5.78 Å². The van der Waals surface area contributed by atoms with E-state index < -0.39 is 11.8 Å². The maximum atomic E-state index is 13.6. The predicted molar refractivity (Wildman–Crippen MR) is 127 cm³/mol. The lowest BCUT2D eigenvalue weighted by Gasteiger charge is -2.20. The van der Waals surface area contributed by atoms with Crippen LogP contribution in [0.15, 0.2) is 79.1 Å². The largest absolute Gasteiger partial charge is 0.369 e. The molecule has 2 aromatic heterocycles. The minimum absolute atomic E-state index is 0.139. The third kappa shape index (κ3) is 3.92. The average Bonchev–Trinajstić information content (AvgIpc) is 3.11. The second-order valence-corrected chi connectivity index (χ2v) is 8.13. The molecule has 168 valence electrons. The van der Waals surface area contributed by atoms with Crippen LogP contribution in [0.2, 0.25) is 0 Å². The van der Waals surface area contributed by atoms with Crippen LogP contribution in [0.5, 0.6) is 0 Å². The molecule has 2 aromatic carbocycles. The van der Waals surface area contributed by atoms with Crippen molar-refractivity contribution < 1.29 is 14.0 Å². The summed E-state index contributed by atoms with van der Waals surface area (Å²) in [6, 6.07) is 18.9. The van der Waals surface area contributed by atoms with Crippen molar-refractivity contribution in [3.05, 3.63) is 113 Å². The van der Waals surface area contributed by atoms with Crippen molar-refractivity contribution in [3.63, 3.8) is 0 Å². The average molecular weight is 452 g/mol. The lowest BCUT2D eigenvalue weighted by Crippen LogP contribution is -2.24. The Balaban J connectivity index is 1.58. The van der Waals surface area contributed by atoms with Gasteiger partial charge in [0, 0.05) is 41.2 Å². The van der Waals surface area contributed by atoms with Gasteiger partial charge in [-0.2, -0.15) is 0 Å². The van der Waals surface area contributed by atoms with Crippen molar-refractivity contribution in [2.75, 3.05) is 11.9 Å². The Morgan fingerprint density at radius 3 is 2.56 bits per heavy atom. The second-order valence-electron chi connectivity index (χ2n) is 8.13. The number of hydrogen-bond acceptors (Lipinski definition) is 5. The van der Waals surface area contributed by atoms with Gasteiger partial charge in [0.05, 0.1) is 11.6 Å². The number of hydrogen-bond donors (Lipinski definition) is 2. The molecule has 5 rings (SSSR count). The van der Waals surface area contributed by atoms with Gasteiger partial charge in [0.2, 0.25) is 5.91 Å². The number of halogens is 1. The van der Waals surface area contributed by atoms with E-state index in [0.717, 1.165) is 11.1 Å². The quantitative estimate of drug-likeness (QED) is 0.387. The Labute approximate surface area is 195 Å². The number of ketones is 1. The van der Waals surface area contributed by atoms with Crippen molar-refractivity contribution in [3.8, 4) is 11.3 Å². The fraction of sp³-hybridized carbons (Fsp3) is 0.111. The molecule has 34 heavy (non-hydrogen) atoms. The van der Waals surface area contributed by atoms with Gasteiger partial charge in [-0.05, 0) is 41.8 Å². The van der Waals surface area contributed by atoms with Gasteiger partial charge >= 0.3 is 0 Å². The first-order valence-electron chi connectivity index (χ1n) is 10.9. The van der Waals surface area contributed by atoms with E-state index >= 15 is 0 Å². The number of fused-ring (bicyclic) bond motifs is 3. The molecule has 7 heteroatoms. The van der Waals surface area contributed by atoms with Crippen LogP contribution in [0.25, 0.3) is 11.3 Å². The fourth-order valence-electron chi connectivity index (χ4n) is 4.36. The van der Waals surface area contributed by atoms with Crippen LogP contribution in [0.1, 0.15) is 38.5 Å². The molecule has 1 aliphatic carbocycles. The molecule has 1 aliphatic rings. The highest BCUT2D eigenvalue weighted by molar-refractivity contribution is 6.21. The SMILES string of the molecule is NC(=O)C(c1cccnc1)c1cc2c(nc1NCCc1cccc(F)c1)-c1ccccc1C2=O. The molecule has 0 radical (unpaired) electrons. The summed E-state index contributed by atoms with van der Waals surface area (Å²) >= 11 is 0. The monoisotopic (exact) mass is 452 g/mol. The van der Waals surface area contributed by atoms with E-state index in [1.165, 1.54) is 12.1 Å². The number of rotatable bonds is 7. The van der Waals surface area contributed by atoms with Crippen molar-refractivity contribution in [1.29, 1.82) is 0 Å². The summed E-state index contributed by atoms with van der Waals surface area (Å²) in [5.74, 6) is -1.41. The summed E-state index contributed by atoms with van der Waals surface area (Å²) < 4.78 is 13.6. The topological polar surface area (TPSA) is 98.0 Å². The molecule has 2 heterocycles. The molecule has 1 unspecified atom stereocenters. The van der Waals surface area contributed by atoms with Crippen LogP contribution < -0.4 is 11.1 Å². The highest BCUT2D eigenvalue weighted by Crippen LogP contribution is 2.40. The Morgan fingerprint density at radius 2 is 1.82 bits per heavy atom. The van der Waals surface area contributed by atoms with Crippen LogP contribution in [0.4, 0.5) is 10.2 Å². The van der Waals surface area contributed by atoms with Crippen molar-refractivity contribution >= 4 is 17.5 Å². The molecule has 6 nitrogen and oxygen atoms in total. The van der Waals surface area contributed by atoms with Crippen LogP contribution in [-0.4, -0.2) is 28.2 Å². The van der Waals surface area contributed by atoms with E-state index in [1.54, 1.807) is 42.7 Å². The molecule has 1 amide bonds. The number of nitrogens with two attached hydrogens (primary N) is 1. The van der Waals surface area contributed by atoms with E-state index in [9.17, 15) is 14.0 Å². The summed E-state index contributed by atoms with van der Waals surface area (Å²) in [5.41, 5.74) is 10.1. The van der Waals surface area contributed by atoms with Gasteiger partial charge in [-0.3, -0.25) is 14.6 Å². The molecule has 4 aromatic rings. The number of nitrogens with zero attached hydrogens (tertiary/aromatic N) is 2. The van der Waals surface area contributed by atoms with E-state index in [-0.39, 0.29) is 11.6 Å². The Hall–Kier alpha value is -4.39. The highest BCUT2D eigenvalue weighted by atomic mass is 19.1. The molecule has 1 atom stereocenters. The lowest BCUT2D eigenvalue weighted by molar-refractivity contribution is -0.118. The van der Waals surface area contributed by atoms with Crippen molar-refractivity contribution in [2.24, 2.45) is 5.73 Å². The summed E-state index contributed by atoms with van der Waals surface area (Å²) in [5, 5.41) is 3.29. The number of benzene rings is 2. The highest BCUT2D eigenvalue weighted by Gasteiger charge is 2.32. The number of pyridine rings is 2. The fourth-order valence-corrected chi connectivity index (χ4v) is 4.36. The van der Waals surface area contributed by atoms with Crippen molar-refractivity contribution in [1.82, 2.24) is 9.97 Å². The maximum Gasteiger partial charge on any atom is 0.229 e. The van der Waals surface area contributed by atoms with E-state index in [2.05, 4.69) is 10.3 Å². The zero-order chi connectivity index (χ0) is 23.7. The number of aromatic nitrogens is 2. The molecule has 0 saturated heterocycles. The normalized spacial score (nSPS) is 12.7. The first-order chi connectivity index (χ1) is 16.5. The molecular weight excluding hydrogens is 431 g/mol. The molecule has 0 spiro atoms. The zero-order valence-electron chi connectivity index (χ0n) is 18.2. The third-order valence-corrected chi connectivity index (χ3v) is 5.93. The van der Waals surface area contributed by atoms with Crippen LogP contribution >= 0.6 is 0 Å². The number of carbonyl (C=O) groups is 2. The van der Waals surface area contributed by atoms with Gasteiger partial charge in [0.25, 0.3) is 0 Å². The van der Waals surface area contributed by atoms with Crippen LogP contribution in [0.3, 0.4) is 0 Å². The summed E-state index contributed by atoms with van der Waals surface area (Å²) in [6.07, 6.45) is 3.73. The third-order valence-electron chi connectivity index (χ3n) is 5.93. The van der Waals surface area contributed by atoms with Gasteiger partial charge in [-0.1, -0.05) is 42.5 Å². The predicted octanol–water partition coefficient (Wildman–Crippen LogP) is 4.10. The number of amides is 1. The maximum absolute atomic E-state index is 13.6. The van der Waals surface area contributed by atoms with E-state index in [0.29, 0.717) is 46.7 Å². The first-order valence-corrected chi connectivity index (χ1v) is 10.9. The van der Waals surface area contributed by atoms with Gasteiger partial charge in [-0.15, -0.1) is 0 Å². The minimum atomic E-state index is -0.848. The van der Waals surface area contributed by atoms with Crippen LogP contribution in [0, 0.1) is 5.82 Å². The first kappa shape index (κ1) is 21.5. The summed E-state index contributed by atoms with van der Waals surface area (Å²) in [4.78, 5) is 34.6. The van der Waals surface area contributed by atoms with Gasteiger partial charge in [-0.25, -0.2) is 9.37 Å². The molecule has 3 N–H and O–H groups in total. The summed E-state index contributed by atoms with van der Waals surface area (Å²) in [6.45, 7) is 0.441. The number of anilines is 1. The Bertz CT molecular complexity index is 1410. The van der Waals surface area contributed by atoms with Crippen molar-refractivity contribution in [2.45, 2.75) is 12.3 Å². The van der Waals surface area contributed by atoms with Crippen LogP contribution in [-0.2, 0) is 11.2 Å². The molecular formula is C27H21FN4O2. The standard InChI is InChI=1S/C27H21FN4O2/c28-18-7-3-5-16(13-18)10-12-31-27-21(23(26(29)34)17-6-4-11-30-15-17)14-22-24(32-27)19-8-1-2-9-20(19)25(22)33/h1-9,11,13-15,23H,10,12H2,(H2,29,34)(H,31,32). The molecule has 0 fully saturated rings. The lowest BCUT2D eigenvalue weighted by atomic mass is 9.90. The van der Waals surface area contributed by atoms with Gasteiger partial charge in [0.1, 0.15) is 11.6 Å². The molecule has 0 saturated carbocycles. The number of primary amides is 1. The Morgan fingerprint density at radius 1 is 1.00 bits per heavy atom. The smallest absolute Gasteiger partial charge is 0.229 e.